The fourth-order valence-electron chi connectivity index (χ4n) is 3.47. The molecule has 29 heavy (non-hydrogen) atoms. The third-order valence-electron chi connectivity index (χ3n) is 5.25. The molecule has 0 saturated carbocycles. The number of benzene rings is 2. The number of para-hydroxylation sites is 1. The molecule has 0 aliphatic carbocycles. The van der Waals surface area contributed by atoms with E-state index in [1.165, 1.54) is 5.56 Å². The molecule has 5 nitrogen and oxygen atoms in total. The molecule has 154 valence electrons. The van der Waals surface area contributed by atoms with Gasteiger partial charge in [0, 0.05) is 31.0 Å². The molecular weight excluding hydrogens is 382 g/mol. The molecule has 1 N–H and O–H groups in total. The van der Waals surface area contributed by atoms with E-state index in [1.54, 1.807) is 16.7 Å². The van der Waals surface area contributed by atoms with Gasteiger partial charge < -0.3 is 10.2 Å². The third kappa shape index (κ3) is 5.61. The van der Waals surface area contributed by atoms with Crippen molar-refractivity contribution in [3.63, 3.8) is 0 Å². The van der Waals surface area contributed by atoms with Crippen LogP contribution >= 0.6 is 11.8 Å². The van der Waals surface area contributed by atoms with Crippen molar-refractivity contribution in [2.75, 3.05) is 30.3 Å². The molecule has 0 atom stereocenters. The highest BCUT2D eigenvalue weighted by Gasteiger charge is 2.24. The minimum atomic E-state index is -0.0360. The van der Waals surface area contributed by atoms with Gasteiger partial charge in [0.1, 0.15) is 0 Å². The van der Waals surface area contributed by atoms with Crippen LogP contribution in [0.1, 0.15) is 31.4 Å². The second-order valence-electron chi connectivity index (χ2n) is 7.06. The molecule has 0 spiro atoms. The number of rotatable bonds is 9. The Labute approximate surface area is 177 Å². The summed E-state index contributed by atoms with van der Waals surface area (Å²) in [5, 5.41) is 3.03. The van der Waals surface area contributed by atoms with E-state index in [4.69, 9.17) is 0 Å². The first-order chi connectivity index (χ1) is 14.1. The van der Waals surface area contributed by atoms with Crippen molar-refractivity contribution in [1.29, 1.82) is 0 Å². The average molecular weight is 412 g/mol. The molecular formula is C23H29N3O2S. The van der Waals surface area contributed by atoms with Gasteiger partial charge >= 0.3 is 0 Å². The molecule has 0 aromatic heterocycles. The Morgan fingerprint density at radius 1 is 1.07 bits per heavy atom. The lowest BCUT2D eigenvalue weighted by atomic mass is 10.1. The number of carbonyl (C=O) groups is 2. The van der Waals surface area contributed by atoms with Gasteiger partial charge in [-0.05, 0) is 36.3 Å². The Morgan fingerprint density at radius 2 is 1.76 bits per heavy atom. The number of nitrogens with zero attached hydrogens (tertiary/aromatic N) is 2. The summed E-state index contributed by atoms with van der Waals surface area (Å²) in [4.78, 5) is 30.0. The second-order valence-corrected chi connectivity index (χ2v) is 8.08. The van der Waals surface area contributed by atoms with Crippen LogP contribution in [-0.2, 0) is 22.7 Å². The van der Waals surface area contributed by atoms with Crippen molar-refractivity contribution < 1.29 is 9.59 Å². The molecule has 3 rings (SSSR count). The van der Waals surface area contributed by atoms with Gasteiger partial charge in [0.25, 0.3) is 0 Å². The fraction of sp³-hybridized carbons (Fsp3) is 0.391. The van der Waals surface area contributed by atoms with Gasteiger partial charge in [-0.15, -0.1) is 11.8 Å². The van der Waals surface area contributed by atoms with E-state index < -0.39 is 0 Å². The minimum absolute atomic E-state index is 0.0360. The number of nitrogens with one attached hydrogen (secondary N) is 1. The lowest BCUT2D eigenvalue weighted by Crippen LogP contribution is -2.38. The van der Waals surface area contributed by atoms with Crippen molar-refractivity contribution in [1.82, 2.24) is 10.2 Å². The highest BCUT2D eigenvalue weighted by atomic mass is 32.2. The van der Waals surface area contributed by atoms with Crippen LogP contribution in [0.2, 0.25) is 0 Å². The van der Waals surface area contributed by atoms with E-state index in [0.717, 1.165) is 35.8 Å². The summed E-state index contributed by atoms with van der Waals surface area (Å²) in [6.45, 7) is 8.12. The largest absolute Gasteiger partial charge is 0.352 e. The van der Waals surface area contributed by atoms with Gasteiger partial charge in [-0.3, -0.25) is 14.5 Å². The quantitative estimate of drug-likeness (QED) is 0.684. The first-order valence-corrected chi connectivity index (χ1v) is 11.2. The molecule has 0 unspecified atom stereocenters. The van der Waals surface area contributed by atoms with Crippen molar-refractivity contribution in [3.05, 3.63) is 59.7 Å². The zero-order valence-corrected chi connectivity index (χ0v) is 18.0. The highest BCUT2D eigenvalue weighted by molar-refractivity contribution is 8.00. The molecule has 2 aromatic carbocycles. The maximum atomic E-state index is 12.5. The van der Waals surface area contributed by atoms with Gasteiger partial charge in [-0.1, -0.05) is 50.2 Å². The molecule has 1 aliphatic rings. The smallest absolute Gasteiger partial charge is 0.237 e. The van der Waals surface area contributed by atoms with E-state index >= 15 is 0 Å². The first-order valence-electron chi connectivity index (χ1n) is 10.2. The number of anilines is 1. The van der Waals surface area contributed by atoms with Gasteiger partial charge in [-0.2, -0.15) is 0 Å². The van der Waals surface area contributed by atoms with Crippen LogP contribution in [0.4, 0.5) is 5.69 Å². The number of thioether (sulfide) groups is 1. The Morgan fingerprint density at radius 3 is 2.52 bits per heavy atom. The maximum Gasteiger partial charge on any atom is 0.237 e. The number of hydrogen-bond acceptors (Lipinski definition) is 4. The van der Waals surface area contributed by atoms with Crippen LogP contribution < -0.4 is 10.2 Å². The molecule has 0 radical (unpaired) electrons. The Balaban J connectivity index is 1.56. The molecule has 6 heteroatoms. The van der Waals surface area contributed by atoms with Gasteiger partial charge in [0.15, 0.2) is 0 Å². The van der Waals surface area contributed by atoms with Crippen LogP contribution in [0.15, 0.2) is 53.4 Å². The standard InChI is InChI=1S/C23H29N3O2S/c1-3-25(4-2)16-19-10-6-5-9-18(19)15-24-22(27)13-14-26-20-11-7-8-12-21(20)29-17-23(26)28/h5-12H,3-4,13-17H2,1-2H3,(H,24,27). The molecule has 2 amide bonds. The second kappa shape index (κ2) is 10.5. The maximum absolute atomic E-state index is 12.5. The van der Waals surface area contributed by atoms with E-state index in [2.05, 4.69) is 36.2 Å². The summed E-state index contributed by atoms with van der Waals surface area (Å²) in [5.74, 6) is 0.453. The van der Waals surface area contributed by atoms with Gasteiger partial charge in [-0.25, -0.2) is 0 Å². The first kappa shape index (κ1) is 21.4. The van der Waals surface area contributed by atoms with E-state index in [9.17, 15) is 9.59 Å². The van der Waals surface area contributed by atoms with E-state index in [1.807, 2.05) is 36.4 Å². The molecule has 2 aromatic rings. The minimum Gasteiger partial charge on any atom is -0.352 e. The lowest BCUT2D eigenvalue weighted by molar-refractivity contribution is -0.121. The summed E-state index contributed by atoms with van der Waals surface area (Å²) in [5.41, 5.74) is 3.29. The third-order valence-corrected chi connectivity index (χ3v) is 6.30. The topological polar surface area (TPSA) is 52.7 Å². The summed E-state index contributed by atoms with van der Waals surface area (Å²) >= 11 is 1.56. The Hall–Kier alpha value is -2.31. The molecule has 1 heterocycles. The summed E-state index contributed by atoms with van der Waals surface area (Å²) in [6, 6.07) is 16.1. The summed E-state index contributed by atoms with van der Waals surface area (Å²) in [6.07, 6.45) is 0.295. The Bertz CT molecular complexity index is 852. The van der Waals surface area contributed by atoms with Crippen LogP contribution in [0.3, 0.4) is 0 Å². The van der Waals surface area contributed by atoms with Gasteiger partial charge in [0.2, 0.25) is 11.8 Å². The van der Waals surface area contributed by atoms with E-state index in [-0.39, 0.29) is 11.8 Å². The average Bonchev–Trinajstić information content (AvgIpc) is 2.76. The monoisotopic (exact) mass is 411 g/mol. The van der Waals surface area contributed by atoms with Crippen LogP contribution in [-0.4, -0.2) is 42.1 Å². The van der Waals surface area contributed by atoms with Crippen LogP contribution in [0.5, 0.6) is 0 Å². The van der Waals surface area contributed by atoms with E-state index in [0.29, 0.717) is 25.3 Å². The number of amides is 2. The van der Waals surface area contributed by atoms with Crippen LogP contribution in [0.25, 0.3) is 0 Å². The van der Waals surface area contributed by atoms with Crippen molar-refractivity contribution in [2.24, 2.45) is 0 Å². The molecule has 0 bridgehead atoms. The van der Waals surface area contributed by atoms with Crippen molar-refractivity contribution in [2.45, 2.75) is 38.3 Å². The molecule has 1 aliphatic heterocycles. The number of carbonyl (C=O) groups excluding carboxylic acids is 2. The summed E-state index contributed by atoms with van der Waals surface area (Å²) < 4.78 is 0. The zero-order chi connectivity index (χ0) is 20.6. The highest BCUT2D eigenvalue weighted by Crippen LogP contribution is 2.34. The Kier molecular flexibility index (Phi) is 7.72. The normalized spacial score (nSPS) is 13.5. The van der Waals surface area contributed by atoms with Gasteiger partial charge in [0.05, 0.1) is 11.4 Å². The zero-order valence-electron chi connectivity index (χ0n) is 17.2. The number of hydrogen-bond donors (Lipinski definition) is 1. The fourth-order valence-corrected chi connectivity index (χ4v) is 4.40. The SMILES string of the molecule is CCN(CC)Cc1ccccc1CNC(=O)CCN1C(=O)CSc2ccccc21. The van der Waals surface area contributed by atoms with Crippen LogP contribution in [0, 0.1) is 0 Å². The molecule has 0 saturated heterocycles. The number of fused-ring (bicyclic) bond motifs is 1. The summed E-state index contributed by atoms with van der Waals surface area (Å²) in [7, 11) is 0. The molecule has 0 fully saturated rings. The predicted molar refractivity (Wildman–Crippen MR) is 119 cm³/mol. The van der Waals surface area contributed by atoms with Crippen molar-refractivity contribution in [3.8, 4) is 0 Å². The lowest BCUT2D eigenvalue weighted by Gasteiger charge is -2.28. The predicted octanol–water partition coefficient (Wildman–Crippen LogP) is 3.67. The van der Waals surface area contributed by atoms with Crippen molar-refractivity contribution >= 4 is 29.3 Å².